The third kappa shape index (κ3) is 4.83. The average molecular weight is 614 g/mol. The van der Waals surface area contributed by atoms with Crippen molar-refractivity contribution in [2.45, 2.75) is 0 Å². The molecule has 0 saturated heterocycles. The summed E-state index contributed by atoms with van der Waals surface area (Å²) in [6, 6.07) is 66.8. The van der Waals surface area contributed by atoms with E-state index < -0.39 is 0 Å². The molecule has 0 bridgehead atoms. The molecule has 0 spiro atoms. The molecule has 0 radical (unpaired) electrons. The van der Waals surface area contributed by atoms with Crippen molar-refractivity contribution >= 4 is 49.8 Å². The van der Waals surface area contributed by atoms with Crippen LogP contribution in [0.3, 0.4) is 0 Å². The van der Waals surface area contributed by atoms with Gasteiger partial charge in [-0.05, 0) is 69.8 Å². The number of nitrogens with zero attached hydrogens (tertiary/aromatic N) is 1. The molecule has 0 aliphatic rings. The van der Waals surface area contributed by atoms with Gasteiger partial charge in [0.15, 0.2) is 0 Å². The molecule has 0 aliphatic heterocycles. The highest BCUT2D eigenvalue weighted by atomic mass is 16.3. The SMILES string of the molecule is c1ccc(-c2ccc(-c3cccc4oc5c6ccccc6c(N(c6ccccc6)c6ccc(-c7ccccc7)cc6)cc5c34)cc2)cc1. The minimum absolute atomic E-state index is 0.885. The van der Waals surface area contributed by atoms with E-state index >= 15 is 0 Å². The van der Waals surface area contributed by atoms with Gasteiger partial charge in [0.25, 0.3) is 0 Å². The van der Waals surface area contributed by atoms with Crippen LogP contribution in [-0.4, -0.2) is 0 Å². The van der Waals surface area contributed by atoms with Gasteiger partial charge < -0.3 is 9.32 Å². The first-order valence-corrected chi connectivity index (χ1v) is 16.4. The second-order valence-corrected chi connectivity index (χ2v) is 12.1. The van der Waals surface area contributed by atoms with Crippen LogP contribution in [0.5, 0.6) is 0 Å². The van der Waals surface area contributed by atoms with Crippen molar-refractivity contribution in [2.75, 3.05) is 4.90 Å². The number of anilines is 3. The summed E-state index contributed by atoms with van der Waals surface area (Å²) in [7, 11) is 0. The Morgan fingerprint density at radius 3 is 1.50 bits per heavy atom. The second-order valence-electron chi connectivity index (χ2n) is 12.1. The van der Waals surface area contributed by atoms with Crippen molar-refractivity contribution in [1.82, 2.24) is 0 Å². The largest absolute Gasteiger partial charge is 0.455 e. The lowest BCUT2D eigenvalue weighted by atomic mass is 9.95. The predicted octanol–water partition coefficient (Wildman–Crippen LogP) is 13.2. The van der Waals surface area contributed by atoms with Gasteiger partial charge in [0, 0.05) is 32.9 Å². The van der Waals surface area contributed by atoms with Gasteiger partial charge >= 0.3 is 0 Å². The van der Waals surface area contributed by atoms with E-state index in [1.807, 2.05) is 0 Å². The Hall–Kier alpha value is -6.38. The zero-order valence-electron chi connectivity index (χ0n) is 26.3. The van der Waals surface area contributed by atoms with Crippen LogP contribution in [0.4, 0.5) is 17.1 Å². The summed E-state index contributed by atoms with van der Waals surface area (Å²) in [6.07, 6.45) is 0. The lowest BCUT2D eigenvalue weighted by Crippen LogP contribution is -2.10. The number of furan rings is 1. The van der Waals surface area contributed by atoms with Crippen LogP contribution in [0, 0.1) is 0 Å². The van der Waals surface area contributed by atoms with Crippen LogP contribution in [0.15, 0.2) is 192 Å². The maximum absolute atomic E-state index is 6.71. The molecule has 226 valence electrons. The Bertz CT molecular complexity index is 2520. The fourth-order valence-electron chi connectivity index (χ4n) is 6.97. The molecule has 9 aromatic rings. The third-order valence-corrected chi connectivity index (χ3v) is 9.27. The smallest absolute Gasteiger partial charge is 0.143 e. The van der Waals surface area contributed by atoms with Gasteiger partial charge in [0.1, 0.15) is 11.2 Å². The summed E-state index contributed by atoms with van der Waals surface area (Å²) >= 11 is 0. The maximum Gasteiger partial charge on any atom is 0.143 e. The molecule has 2 nitrogen and oxygen atoms in total. The van der Waals surface area contributed by atoms with Gasteiger partial charge in [-0.15, -0.1) is 0 Å². The van der Waals surface area contributed by atoms with Gasteiger partial charge in [0.2, 0.25) is 0 Å². The van der Waals surface area contributed by atoms with Crippen LogP contribution in [-0.2, 0) is 0 Å². The molecular formula is C46H31NO. The maximum atomic E-state index is 6.71. The zero-order valence-corrected chi connectivity index (χ0v) is 26.3. The monoisotopic (exact) mass is 613 g/mol. The second kappa shape index (κ2) is 11.8. The minimum Gasteiger partial charge on any atom is -0.455 e. The molecule has 48 heavy (non-hydrogen) atoms. The number of rotatable bonds is 6. The van der Waals surface area contributed by atoms with E-state index in [9.17, 15) is 0 Å². The van der Waals surface area contributed by atoms with Gasteiger partial charge in [-0.2, -0.15) is 0 Å². The highest BCUT2D eigenvalue weighted by molar-refractivity contribution is 6.22. The molecule has 0 unspecified atom stereocenters. The van der Waals surface area contributed by atoms with Crippen LogP contribution >= 0.6 is 0 Å². The molecular weight excluding hydrogens is 583 g/mol. The first-order valence-electron chi connectivity index (χ1n) is 16.4. The molecule has 0 atom stereocenters. The Labute approximate surface area is 279 Å². The standard InChI is InChI=1S/C46H31NO/c1-4-13-32(14-5-1)34-23-25-36(26-24-34)39-21-12-22-44-45(39)42-31-43(40-19-10-11-20-41(40)46(42)48-44)47(37-17-8-3-9-18-37)38-29-27-35(28-30-38)33-15-6-2-7-16-33/h1-31H. The Morgan fingerprint density at radius 1 is 0.354 bits per heavy atom. The molecule has 0 aliphatic carbocycles. The van der Waals surface area contributed by atoms with E-state index in [1.54, 1.807) is 0 Å². The molecule has 0 amide bonds. The first-order chi connectivity index (χ1) is 23.8. The Morgan fingerprint density at radius 2 is 0.854 bits per heavy atom. The summed E-state index contributed by atoms with van der Waals surface area (Å²) < 4.78 is 6.71. The van der Waals surface area contributed by atoms with Crippen LogP contribution < -0.4 is 4.90 Å². The molecule has 9 rings (SSSR count). The number of benzene rings is 8. The Balaban J connectivity index is 1.26. The van der Waals surface area contributed by atoms with Crippen molar-refractivity contribution in [3.63, 3.8) is 0 Å². The minimum atomic E-state index is 0.885. The van der Waals surface area contributed by atoms with E-state index in [0.29, 0.717) is 0 Å². The normalized spacial score (nSPS) is 11.3. The van der Waals surface area contributed by atoms with Gasteiger partial charge in [-0.25, -0.2) is 0 Å². The van der Waals surface area contributed by atoms with E-state index in [4.69, 9.17) is 4.42 Å². The number of hydrogen-bond acceptors (Lipinski definition) is 2. The summed E-state index contributed by atoms with van der Waals surface area (Å²) in [5, 5.41) is 4.45. The van der Waals surface area contributed by atoms with Crippen LogP contribution in [0.2, 0.25) is 0 Å². The Kier molecular flexibility index (Phi) is 6.84. The summed E-state index contributed by atoms with van der Waals surface area (Å²) in [6.45, 7) is 0. The van der Waals surface area contributed by atoms with Crippen molar-refractivity contribution in [3.8, 4) is 33.4 Å². The molecule has 0 fully saturated rings. The topological polar surface area (TPSA) is 16.4 Å². The third-order valence-electron chi connectivity index (χ3n) is 9.27. The number of fused-ring (bicyclic) bond motifs is 5. The first kappa shape index (κ1) is 27.9. The quantitative estimate of drug-likeness (QED) is 0.185. The molecule has 1 heterocycles. The lowest BCUT2D eigenvalue weighted by Gasteiger charge is -2.27. The highest BCUT2D eigenvalue weighted by Gasteiger charge is 2.21. The summed E-state index contributed by atoms with van der Waals surface area (Å²) in [4.78, 5) is 2.37. The van der Waals surface area contributed by atoms with Gasteiger partial charge in [-0.3, -0.25) is 0 Å². The molecule has 0 saturated carbocycles. The molecule has 1 aromatic heterocycles. The van der Waals surface area contributed by atoms with E-state index in [-0.39, 0.29) is 0 Å². The fraction of sp³-hybridized carbons (Fsp3) is 0. The summed E-state index contributed by atoms with van der Waals surface area (Å²) in [5.41, 5.74) is 12.2. The average Bonchev–Trinajstić information content (AvgIpc) is 3.56. The van der Waals surface area contributed by atoms with E-state index in [2.05, 4.69) is 193 Å². The fourth-order valence-corrected chi connectivity index (χ4v) is 6.97. The number of hydrogen-bond donors (Lipinski definition) is 0. The van der Waals surface area contributed by atoms with Crippen molar-refractivity contribution in [1.29, 1.82) is 0 Å². The highest BCUT2D eigenvalue weighted by Crippen LogP contribution is 2.46. The molecule has 0 N–H and O–H groups in total. The zero-order chi connectivity index (χ0) is 31.9. The molecule has 2 heteroatoms. The predicted molar refractivity (Wildman–Crippen MR) is 202 cm³/mol. The van der Waals surface area contributed by atoms with Crippen LogP contribution in [0.1, 0.15) is 0 Å². The van der Waals surface area contributed by atoms with Crippen molar-refractivity contribution in [3.05, 3.63) is 188 Å². The van der Waals surface area contributed by atoms with E-state index in [1.165, 1.54) is 22.3 Å². The number of para-hydroxylation sites is 1. The van der Waals surface area contributed by atoms with Crippen LogP contribution in [0.25, 0.3) is 66.1 Å². The van der Waals surface area contributed by atoms with Crippen molar-refractivity contribution < 1.29 is 4.42 Å². The van der Waals surface area contributed by atoms with E-state index in [0.717, 1.165) is 60.9 Å². The van der Waals surface area contributed by atoms with Crippen molar-refractivity contribution in [2.24, 2.45) is 0 Å². The van der Waals surface area contributed by atoms with Gasteiger partial charge in [-0.1, -0.05) is 152 Å². The molecule has 8 aromatic carbocycles. The summed E-state index contributed by atoms with van der Waals surface area (Å²) in [5.74, 6) is 0. The lowest BCUT2D eigenvalue weighted by molar-refractivity contribution is 0.673. The van der Waals surface area contributed by atoms with Gasteiger partial charge in [0.05, 0.1) is 5.69 Å².